The third-order valence-corrected chi connectivity index (χ3v) is 1.32. The lowest BCUT2D eigenvalue weighted by molar-refractivity contribution is 0.736. The van der Waals surface area contributed by atoms with Gasteiger partial charge in [0.05, 0.1) is 18.0 Å². The maximum Gasteiger partial charge on any atom is 0.0991 e. The maximum atomic E-state index is 3.96. The van der Waals surface area contributed by atoms with Crippen LogP contribution in [0.25, 0.3) is 5.52 Å². The second kappa shape index (κ2) is 8.80. The second-order valence-corrected chi connectivity index (χ2v) is 5.39. The Labute approximate surface area is 106 Å². The Hall–Kier alpha value is -1.31. The summed E-state index contributed by atoms with van der Waals surface area (Å²) in [5.41, 5.74) is 1.14. The van der Waals surface area contributed by atoms with Crippen molar-refractivity contribution in [1.82, 2.24) is 9.38 Å². The van der Waals surface area contributed by atoms with Crippen molar-refractivity contribution in [2.24, 2.45) is 11.8 Å². The van der Waals surface area contributed by atoms with Crippen LogP contribution < -0.4 is 0 Å². The highest BCUT2D eigenvalue weighted by molar-refractivity contribution is 5.43. The number of fused-ring (bicyclic) bond motifs is 1. The summed E-state index contributed by atoms with van der Waals surface area (Å²) in [5.74, 6) is 1.67. The molecule has 0 amide bonds. The zero-order valence-electron chi connectivity index (χ0n) is 12.0. The van der Waals surface area contributed by atoms with Gasteiger partial charge in [0, 0.05) is 6.20 Å². The summed E-state index contributed by atoms with van der Waals surface area (Å²) in [6.45, 7) is 13.0. The molecule has 2 heterocycles. The number of hydrogen-bond acceptors (Lipinski definition) is 1. The molecule has 0 aliphatic rings. The van der Waals surface area contributed by atoms with Crippen LogP contribution in [0.5, 0.6) is 0 Å². The van der Waals surface area contributed by atoms with E-state index >= 15 is 0 Å². The van der Waals surface area contributed by atoms with Gasteiger partial charge < -0.3 is 4.40 Å². The van der Waals surface area contributed by atoms with Gasteiger partial charge in [0.2, 0.25) is 0 Å². The van der Waals surface area contributed by atoms with Crippen LogP contribution in [0.3, 0.4) is 0 Å². The Morgan fingerprint density at radius 1 is 0.941 bits per heavy atom. The van der Waals surface area contributed by atoms with Gasteiger partial charge in [0.25, 0.3) is 0 Å². The van der Waals surface area contributed by atoms with Crippen molar-refractivity contribution in [2.75, 3.05) is 0 Å². The molecule has 17 heavy (non-hydrogen) atoms. The SMILES string of the molecule is CC(C)C.CC(C)C.c1ccn2cncc2c1. The van der Waals surface area contributed by atoms with E-state index in [2.05, 4.69) is 46.5 Å². The third kappa shape index (κ3) is 9.61. The molecular formula is C15H26N2. The van der Waals surface area contributed by atoms with Crippen molar-refractivity contribution < 1.29 is 0 Å². The fourth-order valence-electron chi connectivity index (χ4n) is 0.865. The van der Waals surface area contributed by atoms with Crippen molar-refractivity contribution in [3.8, 4) is 0 Å². The van der Waals surface area contributed by atoms with Crippen molar-refractivity contribution in [3.05, 3.63) is 36.9 Å². The minimum absolute atomic E-state index is 0.833. The predicted molar refractivity (Wildman–Crippen MR) is 76.2 cm³/mol. The lowest BCUT2D eigenvalue weighted by atomic mass is 10.3. The predicted octanol–water partition coefficient (Wildman–Crippen LogP) is 4.66. The van der Waals surface area contributed by atoms with E-state index in [4.69, 9.17) is 0 Å². The molecule has 0 saturated carbocycles. The standard InChI is InChI=1S/C7H6N2.2C4H10/c1-2-4-9-6-8-5-7(9)3-1;2*1-4(2)3/h1-6H;2*4H,1-3H3. The van der Waals surface area contributed by atoms with Crippen LogP contribution in [-0.4, -0.2) is 9.38 Å². The van der Waals surface area contributed by atoms with Crippen LogP contribution in [-0.2, 0) is 0 Å². The monoisotopic (exact) mass is 234 g/mol. The highest BCUT2D eigenvalue weighted by Crippen LogP contribution is 1.98. The maximum absolute atomic E-state index is 3.96. The van der Waals surface area contributed by atoms with E-state index < -0.39 is 0 Å². The van der Waals surface area contributed by atoms with Crippen LogP contribution in [0, 0.1) is 11.8 Å². The lowest BCUT2D eigenvalue weighted by Gasteiger charge is -1.86. The van der Waals surface area contributed by atoms with Crippen molar-refractivity contribution in [2.45, 2.75) is 41.5 Å². The van der Waals surface area contributed by atoms with E-state index in [1.165, 1.54) is 0 Å². The van der Waals surface area contributed by atoms with Crippen molar-refractivity contribution in [1.29, 1.82) is 0 Å². The molecule has 0 aliphatic heterocycles. The van der Waals surface area contributed by atoms with E-state index in [-0.39, 0.29) is 0 Å². The smallest absolute Gasteiger partial charge is 0.0991 e. The Morgan fingerprint density at radius 3 is 1.94 bits per heavy atom. The molecule has 0 atom stereocenters. The molecule has 0 radical (unpaired) electrons. The van der Waals surface area contributed by atoms with Crippen LogP contribution in [0.2, 0.25) is 0 Å². The van der Waals surface area contributed by atoms with E-state index in [1.807, 2.05) is 35.0 Å². The Bertz CT molecular complexity index is 347. The highest BCUT2D eigenvalue weighted by atomic mass is 15.0. The molecule has 96 valence electrons. The molecule has 0 bridgehead atoms. The first-order valence-corrected chi connectivity index (χ1v) is 6.30. The summed E-state index contributed by atoms with van der Waals surface area (Å²) >= 11 is 0. The van der Waals surface area contributed by atoms with Gasteiger partial charge in [-0.15, -0.1) is 0 Å². The zero-order chi connectivity index (χ0) is 13.3. The summed E-state index contributed by atoms with van der Waals surface area (Å²) in [6.07, 6.45) is 5.59. The summed E-state index contributed by atoms with van der Waals surface area (Å²) in [6, 6.07) is 6.00. The minimum atomic E-state index is 0.833. The molecule has 0 fully saturated rings. The fourth-order valence-corrected chi connectivity index (χ4v) is 0.865. The second-order valence-electron chi connectivity index (χ2n) is 5.39. The van der Waals surface area contributed by atoms with Gasteiger partial charge in [-0.1, -0.05) is 47.6 Å². The summed E-state index contributed by atoms with van der Waals surface area (Å²) < 4.78 is 1.97. The molecule has 0 N–H and O–H groups in total. The molecule has 2 rings (SSSR count). The minimum Gasteiger partial charge on any atom is -0.306 e. The molecule has 0 unspecified atom stereocenters. The number of imidazole rings is 1. The first kappa shape index (κ1) is 15.7. The number of aromatic nitrogens is 2. The average molecular weight is 234 g/mol. The van der Waals surface area contributed by atoms with Crippen LogP contribution in [0.1, 0.15) is 41.5 Å². The zero-order valence-corrected chi connectivity index (χ0v) is 12.0. The molecule has 2 aromatic rings. The van der Waals surface area contributed by atoms with Crippen LogP contribution in [0.4, 0.5) is 0 Å². The Balaban J connectivity index is 0.000000274. The number of hydrogen-bond donors (Lipinski definition) is 0. The van der Waals surface area contributed by atoms with Gasteiger partial charge >= 0.3 is 0 Å². The average Bonchev–Trinajstić information content (AvgIpc) is 2.62. The van der Waals surface area contributed by atoms with Crippen LogP contribution >= 0.6 is 0 Å². The summed E-state index contributed by atoms with van der Waals surface area (Å²) in [7, 11) is 0. The van der Waals surface area contributed by atoms with Gasteiger partial charge in [-0.05, 0) is 24.0 Å². The number of nitrogens with zero attached hydrogens (tertiary/aromatic N) is 2. The molecule has 2 heteroatoms. The Kier molecular flexibility index (Phi) is 8.12. The van der Waals surface area contributed by atoms with Crippen molar-refractivity contribution in [3.63, 3.8) is 0 Å². The molecule has 2 aromatic heterocycles. The Morgan fingerprint density at radius 2 is 1.47 bits per heavy atom. The van der Waals surface area contributed by atoms with E-state index in [0.717, 1.165) is 17.4 Å². The quantitative estimate of drug-likeness (QED) is 0.648. The first-order chi connectivity index (χ1) is 7.93. The number of pyridine rings is 1. The molecular weight excluding hydrogens is 208 g/mol. The molecule has 0 aliphatic carbocycles. The molecule has 2 nitrogen and oxygen atoms in total. The van der Waals surface area contributed by atoms with Gasteiger partial charge in [0.1, 0.15) is 0 Å². The van der Waals surface area contributed by atoms with Gasteiger partial charge in [-0.3, -0.25) is 0 Å². The van der Waals surface area contributed by atoms with Gasteiger partial charge in [-0.2, -0.15) is 0 Å². The van der Waals surface area contributed by atoms with Crippen molar-refractivity contribution >= 4 is 5.52 Å². The van der Waals surface area contributed by atoms with E-state index in [1.54, 1.807) is 6.33 Å². The molecule has 0 aromatic carbocycles. The van der Waals surface area contributed by atoms with Gasteiger partial charge in [0.15, 0.2) is 0 Å². The summed E-state index contributed by atoms with van der Waals surface area (Å²) in [4.78, 5) is 3.96. The normalized spacial score (nSPS) is 9.65. The topological polar surface area (TPSA) is 17.3 Å². The highest BCUT2D eigenvalue weighted by Gasteiger charge is 1.85. The van der Waals surface area contributed by atoms with E-state index in [0.29, 0.717) is 0 Å². The lowest BCUT2D eigenvalue weighted by Crippen LogP contribution is -1.75. The molecule has 0 spiro atoms. The first-order valence-electron chi connectivity index (χ1n) is 6.30. The number of rotatable bonds is 0. The van der Waals surface area contributed by atoms with Crippen LogP contribution in [0.15, 0.2) is 36.9 Å². The third-order valence-electron chi connectivity index (χ3n) is 1.32. The van der Waals surface area contributed by atoms with E-state index in [9.17, 15) is 0 Å². The fraction of sp³-hybridized carbons (Fsp3) is 0.533. The largest absolute Gasteiger partial charge is 0.306 e. The van der Waals surface area contributed by atoms with Gasteiger partial charge in [-0.25, -0.2) is 4.98 Å². The molecule has 0 saturated heterocycles. The summed E-state index contributed by atoms with van der Waals surface area (Å²) in [5, 5.41) is 0.